The van der Waals surface area contributed by atoms with Gasteiger partial charge in [0.15, 0.2) is 6.10 Å². The normalized spacial score (nSPS) is 12.9. The van der Waals surface area contributed by atoms with E-state index in [0.717, 1.165) is 12.8 Å². The van der Waals surface area contributed by atoms with E-state index in [-0.39, 0.29) is 17.4 Å². The Morgan fingerprint density at radius 2 is 1.64 bits per heavy atom. The predicted octanol–water partition coefficient (Wildman–Crippen LogP) is 3.97. The minimum atomic E-state index is -2.94. The van der Waals surface area contributed by atoms with Gasteiger partial charge in [0.1, 0.15) is 5.75 Å². The van der Waals surface area contributed by atoms with Gasteiger partial charge in [-0.15, -0.1) is 0 Å². The van der Waals surface area contributed by atoms with E-state index < -0.39 is 24.6 Å². The van der Waals surface area contributed by atoms with Gasteiger partial charge in [-0.3, -0.25) is 4.79 Å². The average Bonchev–Trinajstić information content (AvgIpc) is 2.67. The smallest absolute Gasteiger partial charge is 0.387 e. The number of hydrogen-bond donors (Lipinski definition) is 1. The number of hydrogen-bond acceptors (Lipinski definition) is 4. The third-order valence-electron chi connectivity index (χ3n) is 4.07. The molecule has 0 bridgehead atoms. The van der Waals surface area contributed by atoms with E-state index in [1.807, 2.05) is 37.3 Å². The number of alkyl halides is 2. The largest absolute Gasteiger partial charge is 0.449 e. The highest BCUT2D eigenvalue weighted by molar-refractivity contribution is 5.92. The Bertz CT molecular complexity index is 766. The molecule has 0 aliphatic heterocycles. The number of carbonyl (C=O) groups is 2. The minimum Gasteiger partial charge on any atom is -0.449 e. The van der Waals surface area contributed by atoms with E-state index in [2.05, 4.69) is 10.1 Å². The minimum absolute atomic E-state index is 0.0652. The van der Waals surface area contributed by atoms with Crippen molar-refractivity contribution in [3.63, 3.8) is 0 Å². The van der Waals surface area contributed by atoms with Crippen LogP contribution in [-0.2, 0) is 16.0 Å². The number of amides is 1. The van der Waals surface area contributed by atoms with Crippen molar-refractivity contribution in [3.05, 3.63) is 65.7 Å². The zero-order valence-corrected chi connectivity index (χ0v) is 15.7. The number of esters is 1. The van der Waals surface area contributed by atoms with Gasteiger partial charge in [-0.25, -0.2) is 4.79 Å². The highest BCUT2D eigenvalue weighted by Crippen LogP contribution is 2.16. The molecule has 1 amide bonds. The number of aryl methyl sites for hydroxylation is 1. The molecule has 0 heterocycles. The van der Waals surface area contributed by atoms with Crippen LogP contribution >= 0.6 is 0 Å². The van der Waals surface area contributed by atoms with E-state index in [1.54, 1.807) is 0 Å². The first kappa shape index (κ1) is 21.3. The quantitative estimate of drug-likeness (QED) is 0.657. The van der Waals surface area contributed by atoms with Gasteiger partial charge in [0.25, 0.3) is 5.91 Å². The Kier molecular flexibility index (Phi) is 7.92. The molecule has 0 radical (unpaired) electrons. The van der Waals surface area contributed by atoms with Gasteiger partial charge >= 0.3 is 12.6 Å². The molecule has 1 N–H and O–H groups in total. The van der Waals surface area contributed by atoms with Crippen molar-refractivity contribution in [3.8, 4) is 5.75 Å². The van der Waals surface area contributed by atoms with Crippen LogP contribution in [-0.4, -0.2) is 30.6 Å². The molecule has 28 heavy (non-hydrogen) atoms. The molecule has 2 aromatic carbocycles. The van der Waals surface area contributed by atoms with E-state index in [1.165, 1.54) is 36.8 Å². The molecule has 2 aromatic rings. The van der Waals surface area contributed by atoms with Gasteiger partial charge in [-0.1, -0.05) is 30.3 Å². The van der Waals surface area contributed by atoms with Crippen LogP contribution in [0.25, 0.3) is 0 Å². The summed E-state index contributed by atoms with van der Waals surface area (Å²) in [7, 11) is 0. The molecule has 0 saturated carbocycles. The summed E-state index contributed by atoms with van der Waals surface area (Å²) in [5.74, 6) is -1.18. The summed E-state index contributed by atoms with van der Waals surface area (Å²) < 4.78 is 33.6. The summed E-state index contributed by atoms with van der Waals surface area (Å²) in [5, 5.41) is 2.82. The van der Waals surface area contributed by atoms with Crippen molar-refractivity contribution in [2.75, 3.05) is 0 Å². The first-order valence-electron chi connectivity index (χ1n) is 8.95. The van der Waals surface area contributed by atoms with Crippen LogP contribution in [0.4, 0.5) is 8.78 Å². The van der Waals surface area contributed by atoms with E-state index >= 15 is 0 Å². The van der Waals surface area contributed by atoms with Crippen LogP contribution < -0.4 is 10.1 Å². The lowest BCUT2D eigenvalue weighted by molar-refractivity contribution is -0.129. The number of nitrogens with one attached hydrogen (secondary N) is 1. The second-order valence-corrected chi connectivity index (χ2v) is 6.38. The zero-order chi connectivity index (χ0) is 20.5. The first-order chi connectivity index (χ1) is 13.3. The van der Waals surface area contributed by atoms with Crippen LogP contribution in [0.15, 0.2) is 54.6 Å². The van der Waals surface area contributed by atoms with Crippen molar-refractivity contribution in [2.24, 2.45) is 0 Å². The Morgan fingerprint density at radius 3 is 2.25 bits per heavy atom. The SMILES string of the molecule is C[C@H](OC(=O)c1ccc(OC(F)F)cc1)C(=O)N[C@@H](C)CCc1ccccc1. The summed E-state index contributed by atoms with van der Waals surface area (Å²) in [6.45, 7) is 0.424. The van der Waals surface area contributed by atoms with Gasteiger partial charge in [0, 0.05) is 6.04 Å². The molecule has 0 aliphatic carbocycles. The number of halogens is 2. The number of rotatable bonds is 9. The van der Waals surface area contributed by atoms with Crippen molar-refractivity contribution in [1.82, 2.24) is 5.32 Å². The monoisotopic (exact) mass is 391 g/mol. The standard InChI is InChI=1S/C21H23F2NO4/c1-14(8-9-16-6-4-3-5-7-16)24-19(25)15(2)27-20(26)17-10-12-18(13-11-17)28-21(22)23/h3-7,10-15,21H,8-9H2,1-2H3,(H,24,25)/t14-,15-/m0/s1. The highest BCUT2D eigenvalue weighted by atomic mass is 19.3. The Morgan fingerprint density at radius 1 is 1.00 bits per heavy atom. The number of benzene rings is 2. The summed E-state index contributed by atoms with van der Waals surface area (Å²) in [4.78, 5) is 24.3. The molecule has 0 saturated heterocycles. The number of ether oxygens (including phenoxy) is 2. The molecule has 0 unspecified atom stereocenters. The molecule has 0 aromatic heterocycles. The van der Waals surface area contributed by atoms with Crippen LogP contribution in [0.3, 0.4) is 0 Å². The van der Waals surface area contributed by atoms with Crippen LogP contribution in [0.1, 0.15) is 36.2 Å². The van der Waals surface area contributed by atoms with Crippen molar-refractivity contribution >= 4 is 11.9 Å². The summed E-state index contributed by atoms with van der Waals surface area (Å²) >= 11 is 0. The zero-order valence-electron chi connectivity index (χ0n) is 15.7. The summed E-state index contributed by atoms with van der Waals surface area (Å²) in [6, 6.07) is 14.9. The average molecular weight is 391 g/mol. The van der Waals surface area contributed by atoms with Crippen LogP contribution in [0.2, 0.25) is 0 Å². The Balaban J connectivity index is 1.79. The maximum Gasteiger partial charge on any atom is 0.387 e. The fourth-order valence-electron chi connectivity index (χ4n) is 2.51. The second-order valence-electron chi connectivity index (χ2n) is 6.38. The molecule has 0 spiro atoms. The Hall–Kier alpha value is -2.96. The van der Waals surface area contributed by atoms with Gasteiger partial charge in [-0.05, 0) is 56.5 Å². The second kappa shape index (κ2) is 10.4. The third-order valence-corrected chi connectivity index (χ3v) is 4.07. The lowest BCUT2D eigenvalue weighted by Crippen LogP contribution is -2.41. The highest BCUT2D eigenvalue weighted by Gasteiger charge is 2.20. The fourth-order valence-corrected chi connectivity index (χ4v) is 2.51. The molecule has 2 rings (SSSR count). The molecular formula is C21H23F2NO4. The van der Waals surface area contributed by atoms with Gasteiger partial charge in [0.2, 0.25) is 0 Å². The van der Waals surface area contributed by atoms with Gasteiger partial charge in [-0.2, -0.15) is 8.78 Å². The molecule has 0 fully saturated rings. The fraction of sp³-hybridized carbons (Fsp3) is 0.333. The summed E-state index contributed by atoms with van der Waals surface area (Å²) in [6.07, 6.45) is 0.592. The summed E-state index contributed by atoms with van der Waals surface area (Å²) in [5.41, 5.74) is 1.32. The number of carbonyl (C=O) groups excluding carboxylic acids is 2. The molecular weight excluding hydrogens is 368 g/mol. The maximum atomic E-state index is 12.2. The predicted molar refractivity (Wildman–Crippen MR) is 100 cm³/mol. The third kappa shape index (κ3) is 6.98. The van der Waals surface area contributed by atoms with Crippen molar-refractivity contribution < 1.29 is 27.8 Å². The topological polar surface area (TPSA) is 64.6 Å². The first-order valence-corrected chi connectivity index (χ1v) is 8.95. The molecule has 0 aliphatic rings. The van der Waals surface area contributed by atoms with Crippen LogP contribution in [0.5, 0.6) is 5.75 Å². The van der Waals surface area contributed by atoms with Crippen molar-refractivity contribution in [2.45, 2.75) is 45.4 Å². The van der Waals surface area contributed by atoms with Gasteiger partial charge in [0.05, 0.1) is 5.56 Å². The molecule has 7 heteroatoms. The van der Waals surface area contributed by atoms with Crippen LogP contribution in [0, 0.1) is 0 Å². The molecule has 2 atom stereocenters. The Labute approximate surface area is 162 Å². The lowest BCUT2D eigenvalue weighted by Gasteiger charge is -2.18. The van der Waals surface area contributed by atoms with E-state index in [4.69, 9.17) is 4.74 Å². The molecule has 5 nitrogen and oxygen atoms in total. The van der Waals surface area contributed by atoms with E-state index in [9.17, 15) is 18.4 Å². The lowest BCUT2D eigenvalue weighted by atomic mass is 10.1. The maximum absolute atomic E-state index is 12.2. The van der Waals surface area contributed by atoms with E-state index in [0.29, 0.717) is 0 Å². The molecule has 150 valence electrons. The van der Waals surface area contributed by atoms with Crippen molar-refractivity contribution in [1.29, 1.82) is 0 Å². The van der Waals surface area contributed by atoms with Gasteiger partial charge < -0.3 is 14.8 Å².